The highest BCUT2D eigenvalue weighted by atomic mass is 16.7. The molecule has 23 heavy (non-hydrogen) atoms. The van der Waals surface area contributed by atoms with E-state index in [0.717, 1.165) is 17.0 Å². The Morgan fingerprint density at radius 3 is 2.52 bits per heavy atom. The third-order valence-electron chi connectivity index (χ3n) is 3.87. The molecule has 2 aromatic rings. The first-order valence-electron chi connectivity index (χ1n) is 7.51. The van der Waals surface area contributed by atoms with Crippen molar-refractivity contribution in [3.63, 3.8) is 0 Å². The van der Waals surface area contributed by atoms with Crippen LogP contribution in [0.4, 0.5) is 0 Å². The van der Waals surface area contributed by atoms with Gasteiger partial charge in [-0.05, 0) is 32.4 Å². The lowest BCUT2D eigenvalue weighted by molar-refractivity contribution is -0.162. The summed E-state index contributed by atoms with van der Waals surface area (Å²) in [6.07, 6.45) is 3.29. The van der Waals surface area contributed by atoms with Gasteiger partial charge in [-0.25, -0.2) is 5.06 Å². The van der Waals surface area contributed by atoms with Gasteiger partial charge in [-0.3, -0.25) is 14.3 Å². The molecular weight excluding hydrogens is 290 g/mol. The molecule has 0 N–H and O–H groups in total. The van der Waals surface area contributed by atoms with Gasteiger partial charge in [-0.2, -0.15) is 5.10 Å². The number of hydrogen-bond donors (Lipinski definition) is 0. The molecule has 1 aromatic heterocycles. The predicted molar refractivity (Wildman–Crippen MR) is 90.8 cm³/mol. The zero-order valence-electron chi connectivity index (χ0n) is 14.3. The number of amides is 1. The summed E-state index contributed by atoms with van der Waals surface area (Å²) in [4.78, 5) is 16.7. The van der Waals surface area contributed by atoms with E-state index in [0.29, 0.717) is 6.54 Å². The number of hydroxylamine groups is 2. The Morgan fingerprint density at radius 1 is 1.26 bits per heavy atom. The molecule has 0 saturated heterocycles. The van der Waals surface area contributed by atoms with Crippen molar-refractivity contribution in [2.24, 2.45) is 0 Å². The fraction of sp³-hybridized carbons (Fsp3) is 0.333. The summed E-state index contributed by atoms with van der Waals surface area (Å²) in [5.74, 6) is -0.211. The predicted octanol–water partition coefficient (Wildman–Crippen LogP) is 2.89. The van der Waals surface area contributed by atoms with E-state index >= 15 is 0 Å². The van der Waals surface area contributed by atoms with Crippen molar-refractivity contribution in [3.8, 4) is 0 Å². The molecular formula is C18H23N3O2. The maximum Gasteiger partial charge on any atom is 0.269 e. The van der Waals surface area contributed by atoms with E-state index in [-0.39, 0.29) is 5.91 Å². The minimum Gasteiger partial charge on any atom is -0.274 e. The number of aryl methyl sites for hydroxylation is 2. The van der Waals surface area contributed by atoms with Crippen molar-refractivity contribution in [2.75, 3.05) is 14.2 Å². The van der Waals surface area contributed by atoms with Gasteiger partial charge in [0.15, 0.2) is 0 Å². The Kier molecular flexibility index (Phi) is 5.34. The first-order valence-corrected chi connectivity index (χ1v) is 7.51. The second-order valence-corrected chi connectivity index (χ2v) is 5.58. The van der Waals surface area contributed by atoms with Gasteiger partial charge in [0.25, 0.3) is 5.91 Å². The topological polar surface area (TPSA) is 47.4 Å². The van der Waals surface area contributed by atoms with Crippen molar-refractivity contribution < 1.29 is 9.63 Å². The molecule has 0 aliphatic heterocycles. The quantitative estimate of drug-likeness (QED) is 0.630. The Hall–Kier alpha value is -2.40. The van der Waals surface area contributed by atoms with Gasteiger partial charge in [0.1, 0.15) is 0 Å². The number of hydrogen-bond acceptors (Lipinski definition) is 3. The lowest BCUT2D eigenvalue weighted by Crippen LogP contribution is -2.22. The van der Waals surface area contributed by atoms with E-state index in [9.17, 15) is 4.79 Å². The molecule has 0 unspecified atom stereocenters. The van der Waals surface area contributed by atoms with Crippen LogP contribution in [0.1, 0.15) is 28.1 Å². The van der Waals surface area contributed by atoms with Gasteiger partial charge >= 0.3 is 0 Å². The summed E-state index contributed by atoms with van der Waals surface area (Å²) in [7, 11) is 3.04. The summed E-state index contributed by atoms with van der Waals surface area (Å²) in [5, 5.41) is 5.76. The van der Waals surface area contributed by atoms with Crippen LogP contribution in [-0.2, 0) is 16.2 Å². The van der Waals surface area contributed by atoms with Gasteiger partial charge in [0.2, 0.25) is 0 Å². The second-order valence-electron chi connectivity index (χ2n) is 5.58. The Balaban J connectivity index is 2.20. The third kappa shape index (κ3) is 4.07. The summed E-state index contributed by atoms with van der Waals surface area (Å²) in [5.41, 5.74) is 5.35. The highest BCUT2D eigenvalue weighted by Gasteiger charge is 2.10. The number of nitrogens with zero attached hydrogens (tertiary/aromatic N) is 3. The Morgan fingerprint density at radius 2 is 1.91 bits per heavy atom. The number of carbonyl (C=O) groups is 1. The average Bonchev–Trinajstić information content (AvgIpc) is 2.80. The summed E-state index contributed by atoms with van der Waals surface area (Å²) >= 11 is 0. The minimum atomic E-state index is -0.211. The first-order chi connectivity index (χ1) is 10.9. The fourth-order valence-corrected chi connectivity index (χ4v) is 2.32. The lowest BCUT2D eigenvalue weighted by atomic mass is 10.1. The number of aromatic nitrogens is 2. The van der Waals surface area contributed by atoms with E-state index in [1.165, 1.54) is 29.4 Å². The van der Waals surface area contributed by atoms with Crippen LogP contribution in [-0.4, -0.2) is 34.9 Å². The molecule has 1 heterocycles. The Labute approximate surface area is 137 Å². The Bertz CT molecular complexity index is 715. The SMILES string of the molecule is CON(C)C(=O)/C=C\c1c(C)nn(Cc2ccc(C)cc2)c1C. The molecule has 0 bridgehead atoms. The molecule has 0 fully saturated rings. The van der Waals surface area contributed by atoms with E-state index < -0.39 is 0 Å². The van der Waals surface area contributed by atoms with Gasteiger partial charge < -0.3 is 0 Å². The van der Waals surface area contributed by atoms with E-state index in [1.807, 2.05) is 18.5 Å². The van der Waals surface area contributed by atoms with Gasteiger partial charge in [0.05, 0.1) is 19.3 Å². The van der Waals surface area contributed by atoms with Crippen molar-refractivity contribution in [1.82, 2.24) is 14.8 Å². The van der Waals surface area contributed by atoms with E-state index in [2.05, 4.69) is 36.3 Å². The normalized spacial score (nSPS) is 11.2. The third-order valence-corrected chi connectivity index (χ3v) is 3.87. The van der Waals surface area contributed by atoms with Crippen molar-refractivity contribution in [1.29, 1.82) is 0 Å². The lowest BCUT2D eigenvalue weighted by Gasteiger charge is -2.10. The molecule has 0 saturated carbocycles. The highest BCUT2D eigenvalue weighted by molar-refractivity contribution is 5.91. The van der Waals surface area contributed by atoms with Crippen molar-refractivity contribution >= 4 is 12.0 Å². The maximum atomic E-state index is 11.8. The molecule has 0 aliphatic rings. The molecule has 122 valence electrons. The van der Waals surface area contributed by atoms with Crippen LogP contribution in [0, 0.1) is 20.8 Å². The molecule has 1 aromatic carbocycles. The average molecular weight is 313 g/mol. The molecule has 5 heteroatoms. The molecule has 0 atom stereocenters. The van der Waals surface area contributed by atoms with Crippen LogP contribution in [0.25, 0.3) is 6.08 Å². The smallest absolute Gasteiger partial charge is 0.269 e. The van der Waals surface area contributed by atoms with Gasteiger partial charge in [-0.15, -0.1) is 0 Å². The molecule has 0 spiro atoms. The number of benzene rings is 1. The fourth-order valence-electron chi connectivity index (χ4n) is 2.32. The maximum absolute atomic E-state index is 11.8. The largest absolute Gasteiger partial charge is 0.274 e. The second kappa shape index (κ2) is 7.24. The van der Waals surface area contributed by atoms with Crippen LogP contribution in [0.2, 0.25) is 0 Å². The molecule has 2 rings (SSSR count). The van der Waals surface area contributed by atoms with Crippen LogP contribution in [0.5, 0.6) is 0 Å². The van der Waals surface area contributed by atoms with E-state index in [1.54, 1.807) is 13.1 Å². The van der Waals surface area contributed by atoms with Gasteiger partial charge in [0, 0.05) is 24.4 Å². The molecule has 5 nitrogen and oxygen atoms in total. The van der Waals surface area contributed by atoms with Crippen LogP contribution in [0.15, 0.2) is 30.3 Å². The summed E-state index contributed by atoms with van der Waals surface area (Å²) in [6.45, 7) is 6.75. The van der Waals surface area contributed by atoms with Gasteiger partial charge in [-0.1, -0.05) is 29.8 Å². The summed E-state index contributed by atoms with van der Waals surface area (Å²) in [6, 6.07) is 8.42. The highest BCUT2D eigenvalue weighted by Crippen LogP contribution is 2.17. The first kappa shape index (κ1) is 17.0. The number of likely N-dealkylation sites (N-methyl/N-ethyl adjacent to an activating group) is 1. The summed E-state index contributed by atoms with van der Waals surface area (Å²) < 4.78 is 1.96. The molecule has 0 radical (unpaired) electrons. The molecule has 1 amide bonds. The monoisotopic (exact) mass is 313 g/mol. The van der Waals surface area contributed by atoms with Crippen LogP contribution < -0.4 is 0 Å². The zero-order chi connectivity index (χ0) is 17.0. The minimum absolute atomic E-state index is 0.211. The molecule has 0 aliphatic carbocycles. The standard InChI is InChI=1S/C18H23N3O2/c1-13-6-8-16(9-7-13)12-21-15(3)17(14(2)19-21)10-11-18(22)20(4)23-5/h6-11H,12H2,1-5H3/b11-10-. The number of carbonyl (C=O) groups excluding carboxylic acids is 1. The zero-order valence-corrected chi connectivity index (χ0v) is 14.3. The number of rotatable bonds is 5. The van der Waals surface area contributed by atoms with Crippen LogP contribution in [0.3, 0.4) is 0 Å². The van der Waals surface area contributed by atoms with Crippen LogP contribution >= 0.6 is 0 Å². The van der Waals surface area contributed by atoms with Crippen molar-refractivity contribution in [3.05, 3.63) is 58.4 Å². The van der Waals surface area contributed by atoms with Crippen molar-refractivity contribution in [2.45, 2.75) is 27.3 Å². The van der Waals surface area contributed by atoms with E-state index in [4.69, 9.17) is 4.84 Å².